The van der Waals surface area contributed by atoms with E-state index in [1.54, 1.807) is 19.0 Å². The van der Waals surface area contributed by atoms with Gasteiger partial charge in [0.15, 0.2) is 0 Å². The lowest BCUT2D eigenvalue weighted by atomic mass is 10.3. The zero-order valence-corrected chi connectivity index (χ0v) is 13.2. The first-order chi connectivity index (χ1) is 9.64. The van der Waals surface area contributed by atoms with Gasteiger partial charge in [0.25, 0.3) is 0 Å². The van der Waals surface area contributed by atoms with Crippen molar-refractivity contribution in [3.63, 3.8) is 0 Å². The first-order valence-electron chi connectivity index (χ1n) is 5.96. The summed E-state index contributed by atoms with van der Waals surface area (Å²) in [7, 11) is -0.814. The van der Waals surface area contributed by atoms with Crippen molar-refractivity contribution in [3.05, 3.63) is 29.0 Å². The van der Waals surface area contributed by atoms with Crippen LogP contribution in [0.4, 0.5) is 4.39 Å². The Kier molecular flexibility index (Phi) is 6.09. The van der Waals surface area contributed by atoms with Gasteiger partial charge in [-0.15, -0.1) is 0 Å². The number of halogens is 2. The summed E-state index contributed by atoms with van der Waals surface area (Å²) in [4.78, 5) is 11.9. The van der Waals surface area contributed by atoms with Gasteiger partial charge >= 0.3 is 5.97 Å². The molecule has 0 saturated carbocycles. The lowest BCUT2D eigenvalue weighted by Crippen LogP contribution is -2.40. The van der Waals surface area contributed by atoms with E-state index >= 15 is 0 Å². The molecule has 0 bridgehead atoms. The second-order valence-electron chi connectivity index (χ2n) is 4.61. The van der Waals surface area contributed by atoms with Crippen molar-refractivity contribution < 1.29 is 22.7 Å². The van der Waals surface area contributed by atoms with Gasteiger partial charge in [-0.25, -0.2) is 12.8 Å². The van der Waals surface area contributed by atoms with Gasteiger partial charge in [-0.3, -0.25) is 4.79 Å². The normalized spacial score (nSPS) is 12.1. The molecule has 0 unspecified atom stereocenters. The molecule has 118 valence electrons. The highest BCUT2D eigenvalue weighted by molar-refractivity contribution is 7.89. The number of nitrogens with zero attached hydrogens (tertiary/aromatic N) is 2. The zero-order valence-electron chi connectivity index (χ0n) is 11.6. The summed E-state index contributed by atoms with van der Waals surface area (Å²) in [6.45, 7) is -0.496. The van der Waals surface area contributed by atoms with Crippen LogP contribution >= 0.6 is 11.6 Å². The Hall–Kier alpha value is -1.22. The van der Waals surface area contributed by atoms with Gasteiger partial charge in [0.1, 0.15) is 17.3 Å². The third-order valence-corrected chi connectivity index (χ3v) is 4.73. The molecule has 0 atom stereocenters. The molecule has 1 aromatic carbocycles. The van der Waals surface area contributed by atoms with Gasteiger partial charge < -0.3 is 10.0 Å². The third kappa shape index (κ3) is 4.92. The Morgan fingerprint density at radius 3 is 2.43 bits per heavy atom. The molecule has 0 aliphatic rings. The number of rotatable bonds is 7. The molecule has 0 spiro atoms. The van der Waals surface area contributed by atoms with Crippen LogP contribution < -0.4 is 0 Å². The molecule has 1 aromatic rings. The van der Waals surface area contributed by atoms with E-state index in [9.17, 15) is 17.6 Å². The lowest BCUT2D eigenvalue weighted by molar-refractivity contribution is -0.137. The Morgan fingerprint density at radius 2 is 1.95 bits per heavy atom. The van der Waals surface area contributed by atoms with Crippen molar-refractivity contribution in [3.8, 4) is 0 Å². The molecular weight excluding hydrogens is 323 g/mol. The van der Waals surface area contributed by atoms with Gasteiger partial charge in [-0.2, -0.15) is 4.31 Å². The predicted octanol–water partition coefficient (Wildman–Crippen LogP) is 1.12. The van der Waals surface area contributed by atoms with Crippen molar-refractivity contribution in [1.29, 1.82) is 0 Å². The van der Waals surface area contributed by atoms with Crippen LogP contribution in [0.2, 0.25) is 5.02 Å². The van der Waals surface area contributed by atoms with Gasteiger partial charge in [-0.1, -0.05) is 11.6 Å². The van der Waals surface area contributed by atoms with Crippen molar-refractivity contribution in [1.82, 2.24) is 9.21 Å². The minimum absolute atomic E-state index is 0.0597. The van der Waals surface area contributed by atoms with E-state index in [-0.39, 0.29) is 11.6 Å². The quantitative estimate of drug-likeness (QED) is 0.806. The van der Waals surface area contributed by atoms with Crippen LogP contribution in [0.15, 0.2) is 23.1 Å². The highest BCUT2D eigenvalue weighted by Gasteiger charge is 2.29. The first-order valence-corrected chi connectivity index (χ1v) is 7.78. The smallest absolute Gasteiger partial charge is 0.318 e. The average molecular weight is 339 g/mol. The fourth-order valence-corrected chi connectivity index (χ4v) is 3.15. The largest absolute Gasteiger partial charge is 0.480 e. The summed E-state index contributed by atoms with van der Waals surface area (Å²) >= 11 is 5.58. The number of aliphatic carboxylic acids is 1. The second kappa shape index (κ2) is 7.17. The monoisotopic (exact) mass is 338 g/mol. The molecule has 0 heterocycles. The molecule has 21 heavy (non-hydrogen) atoms. The van der Waals surface area contributed by atoms with Gasteiger partial charge in [0.2, 0.25) is 10.0 Å². The molecule has 9 heteroatoms. The van der Waals surface area contributed by atoms with Gasteiger partial charge in [0, 0.05) is 18.1 Å². The number of hydrogen-bond donors (Lipinski definition) is 1. The Labute approximate surface area is 127 Å². The summed E-state index contributed by atoms with van der Waals surface area (Å²) in [5, 5.41) is 8.90. The zero-order chi connectivity index (χ0) is 16.2. The van der Waals surface area contributed by atoms with E-state index in [2.05, 4.69) is 0 Å². The van der Waals surface area contributed by atoms with E-state index < -0.39 is 33.3 Å². The summed E-state index contributed by atoms with van der Waals surface area (Å²) in [6, 6.07) is 3.14. The third-order valence-electron chi connectivity index (χ3n) is 2.62. The molecule has 6 nitrogen and oxygen atoms in total. The van der Waals surface area contributed by atoms with Crippen LogP contribution in [0.3, 0.4) is 0 Å². The van der Waals surface area contributed by atoms with Gasteiger partial charge in [-0.05, 0) is 32.3 Å². The van der Waals surface area contributed by atoms with Crippen molar-refractivity contribution in [2.45, 2.75) is 4.90 Å². The molecule has 1 N–H and O–H groups in total. The van der Waals surface area contributed by atoms with Crippen LogP contribution in [-0.4, -0.2) is 62.4 Å². The minimum Gasteiger partial charge on any atom is -0.480 e. The standard InChI is InChI=1S/C12H16ClFN2O4S/c1-15(2)5-6-16(8-12(17)18)21(19,20)11-4-3-9(13)7-10(11)14/h3-4,7H,5-6,8H2,1-2H3,(H,17,18). The summed E-state index contributed by atoms with van der Waals surface area (Å²) < 4.78 is 39.3. The molecule has 1 rings (SSSR count). The van der Waals surface area contributed by atoms with E-state index in [0.29, 0.717) is 6.54 Å². The van der Waals surface area contributed by atoms with Crippen LogP contribution in [0.1, 0.15) is 0 Å². The average Bonchev–Trinajstić information content (AvgIpc) is 2.33. The number of benzene rings is 1. The maximum atomic E-state index is 13.8. The highest BCUT2D eigenvalue weighted by atomic mass is 35.5. The number of hydrogen-bond acceptors (Lipinski definition) is 4. The maximum absolute atomic E-state index is 13.8. The molecule has 0 fully saturated rings. The van der Waals surface area contributed by atoms with Crippen LogP contribution in [0.25, 0.3) is 0 Å². The lowest BCUT2D eigenvalue weighted by Gasteiger charge is -2.22. The topological polar surface area (TPSA) is 77.9 Å². The molecular formula is C12H16ClFN2O4S. The highest BCUT2D eigenvalue weighted by Crippen LogP contribution is 2.22. The Bertz CT molecular complexity index is 622. The molecule has 0 radical (unpaired) electrons. The van der Waals surface area contributed by atoms with Crippen molar-refractivity contribution in [2.75, 3.05) is 33.7 Å². The second-order valence-corrected chi connectivity index (χ2v) is 6.95. The fourth-order valence-electron chi connectivity index (χ4n) is 1.57. The van der Waals surface area contributed by atoms with Crippen molar-refractivity contribution >= 4 is 27.6 Å². The predicted molar refractivity (Wildman–Crippen MR) is 76.4 cm³/mol. The first kappa shape index (κ1) is 17.8. The Balaban J connectivity index is 3.16. The van der Waals surface area contributed by atoms with E-state index in [1.807, 2.05) is 0 Å². The van der Waals surface area contributed by atoms with Crippen LogP contribution in [0, 0.1) is 5.82 Å². The maximum Gasteiger partial charge on any atom is 0.318 e. The number of likely N-dealkylation sites (N-methyl/N-ethyl adjacent to an activating group) is 1. The fraction of sp³-hybridized carbons (Fsp3) is 0.417. The number of carboxylic acids is 1. The SMILES string of the molecule is CN(C)CCN(CC(=O)O)S(=O)(=O)c1ccc(Cl)cc1F. The summed E-state index contributed by atoms with van der Waals surface area (Å²) in [5.41, 5.74) is 0. The number of carbonyl (C=O) groups is 1. The van der Waals surface area contributed by atoms with Crippen LogP contribution in [0.5, 0.6) is 0 Å². The van der Waals surface area contributed by atoms with Crippen LogP contribution in [-0.2, 0) is 14.8 Å². The Morgan fingerprint density at radius 1 is 1.33 bits per heavy atom. The number of sulfonamides is 1. The summed E-state index contributed by atoms with van der Waals surface area (Å²) in [6.07, 6.45) is 0. The molecule has 0 aliphatic heterocycles. The number of carboxylic acid groups (broad SMARTS) is 1. The molecule has 0 amide bonds. The molecule has 0 saturated heterocycles. The van der Waals surface area contributed by atoms with E-state index in [0.717, 1.165) is 16.4 Å². The molecule has 0 aliphatic carbocycles. The van der Waals surface area contributed by atoms with Gasteiger partial charge in [0.05, 0.1) is 0 Å². The summed E-state index contributed by atoms with van der Waals surface area (Å²) in [5.74, 6) is -2.32. The van der Waals surface area contributed by atoms with Crippen molar-refractivity contribution in [2.24, 2.45) is 0 Å². The van der Waals surface area contributed by atoms with E-state index in [4.69, 9.17) is 16.7 Å². The minimum atomic E-state index is -4.25. The molecule has 0 aromatic heterocycles. The van der Waals surface area contributed by atoms with E-state index in [1.165, 1.54) is 6.07 Å².